The van der Waals surface area contributed by atoms with Crippen LogP contribution in [0.3, 0.4) is 0 Å². The Bertz CT molecular complexity index is 3230. The maximum Gasteiger partial charge on any atom is 0.164 e. The van der Waals surface area contributed by atoms with E-state index in [-0.39, 0.29) is 0 Å². The minimum atomic E-state index is 0.614. The van der Waals surface area contributed by atoms with Gasteiger partial charge in [0.15, 0.2) is 17.5 Å². The number of thiophene rings is 1. The highest BCUT2D eigenvalue weighted by Gasteiger charge is 2.19. The Kier molecular flexibility index (Phi) is 7.60. The minimum Gasteiger partial charge on any atom is -0.455 e. The first-order chi connectivity index (χ1) is 27.7. The predicted molar refractivity (Wildman–Crippen MR) is 230 cm³/mol. The lowest BCUT2D eigenvalue weighted by Gasteiger charge is -2.11. The molecule has 11 rings (SSSR count). The minimum absolute atomic E-state index is 0.614. The Morgan fingerprint density at radius 2 is 0.964 bits per heavy atom. The molecule has 0 amide bonds. The summed E-state index contributed by atoms with van der Waals surface area (Å²) in [6.07, 6.45) is 3.65. The molecule has 0 saturated carbocycles. The fraction of sp³-hybridized carbons (Fsp3) is 0. The molecular weight excluding hydrogens is 705 g/mol. The third kappa shape index (κ3) is 5.54. The SMILES string of the molecule is c1ccc(-c2nc(-c3ccc(-c4cccnc4)cc3)nc(-c3ccc(-c4ccc(-c5ccc6c(c5)sc5ccccc56)c5oc6ccccc6c45)cc3)n2)cc1. The zero-order chi connectivity index (χ0) is 37.0. The number of furan rings is 1. The van der Waals surface area contributed by atoms with E-state index < -0.39 is 0 Å². The summed E-state index contributed by atoms with van der Waals surface area (Å²) in [6.45, 7) is 0. The van der Waals surface area contributed by atoms with Crippen molar-refractivity contribution in [1.29, 1.82) is 0 Å². The van der Waals surface area contributed by atoms with Gasteiger partial charge in [-0.15, -0.1) is 11.3 Å². The monoisotopic (exact) mass is 734 g/mol. The molecular formula is C50H30N4OS. The highest BCUT2D eigenvalue weighted by molar-refractivity contribution is 7.25. The fourth-order valence-electron chi connectivity index (χ4n) is 7.68. The zero-order valence-electron chi connectivity index (χ0n) is 29.9. The van der Waals surface area contributed by atoms with Gasteiger partial charge in [-0.1, -0.05) is 140 Å². The van der Waals surface area contributed by atoms with E-state index in [0.29, 0.717) is 17.5 Å². The van der Waals surface area contributed by atoms with Crippen LogP contribution in [0.5, 0.6) is 0 Å². The molecule has 5 nitrogen and oxygen atoms in total. The lowest BCUT2D eigenvalue weighted by molar-refractivity contribution is 0.670. The summed E-state index contributed by atoms with van der Waals surface area (Å²) in [5, 5.41) is 4.78. The first-order valence-corrected chi connectivity index (χ1v) is 19.3. The van der Waals surface area contributed by atoms with E-state index in [1.165, 1.54) is 20.2 Å². The zero-order valence-corrected chi connectivity index (χ0v) is 30.7. The van der Waals surface area contributed by atoms with Crippen LogP contribution in [0.25, 0.3) is 110 Å². The quantitative estimate of drug-likeness (QED) is 0.170. The molecule has 0 bridgehead atoms. The summed E-state index contributed by atoms with van der Waals surface area (Å²) in [5.41, 5.74) is 11.1. The molecule has 0 spiro atoms. The number of para-hydroxylation sites is 1. The van der Waals surface area contributed by atoms with E-state index in [9.17, 15) is 0 Å². The number of pyridine rings is 1. The van der Waals surface area contributed by atoms with Crippen LogP contribution in [0.4, 0.5) is 0 Å². The molecule has 56 heavy (non-hydrogen) atoms. The summed E-state index contributed by atoms with van der Waals surface area (Å²) in [5.74, 6) is 1.86. The molecule has 0 fully saturated rings. The van der Waals surface area contributed by atoms with Crippen molar-refractivity contribution in [2.45, 2.75) is 0 Å². The van der Waals surface area contributed by atoms with Gasteiger partial charge in [0.05, 0.1) is 0 Å². The van der Waals surface area contributed by atoms with Gasteiger partial charge in [-0.3, -0.25) is 4.98 Å². The summed E-state index contributed by atoms with van der Waals surface area (Å²) in [6, 6.07) is 59.0. The average Bonchev–Trinajstić information content (AvgIpc) is 3.85. The average molecular weight is 735 g/mol. The van der Waals surface area contributed by atoms with Crippen molar-refractivity contribution >= 4 is 53.4 Å². The Balaban J connectivity index is 1.00. The molecule has 7 aromatic carbocycles. The van der Waals surface area contributed by atoms with Gasteiger partial charge in [-0.05, 0) is 58.1 Å². The van der Waals surface area contributed by atoms with E-state index in [2.05, 4.69) is 132 Å². The number of benzene rings is 7. The topological polar surface area (TPSA) is 64.7 Å². The van der Waals surface area contributed by atoms with Crippen LogP contribution < -0.4 is 0 Å². The molecule has 0 aliphatic carbocycles. The van der Waals surface area contributed by atoms with Crippen molar-refractivity contribution in [3.8, 4) is 67.5 Å². The van der Waals surface area contributed by atoms with Crippen LogP contribution >= 0.6 is 11.3 Å². The molecule has 0 aliphatic rings. The number of hydrogen-bond donors (Lipinski definition) is 0. The van der Waals surface area contributed by atoms with Crippen LogP contribution in [-0.4, -0.2) is 19.9 Å². The number of hydrogen-bond acceptors (Lipinski definition) is 6. The molecule has 0 unspecified atom stereocenters. The molecule has 0 aliphatic heterocycles. The fourth-order valence-corrected chi connectivity index (χ4v) is 8.83. The van der Waals surface area contributed by atoms with Gasteiger partial charge in [-0.25, -0.2) is 15.0 Å². The largest absolute Gasteiger partial charge is 0.455 e. The molecule has 0 radical (unpaired) electrons. The van der Waals surface area contributed by atoms with Gasteiger partial charge in [0, 0.05) is 65.6 Å². The predicted octanol–water partition coefficient (Wildman–Crippen LogP) is 13.5. The van der Waals surface area contributed by atoms with Crippen molar-refractivity contribution in [3.05, 3.63) is 182 Å². The number of rotatable bonds is 6. The van der Waals surface area contributed by atoms with Gasteiger partial charge >= 0.3 is 0 Å². The molecule has 4 aromatic heterocycles. The summed E-state index contributed by atoms with van der Waals surface area (Å²) < 4.78 is 9.25. The Hall–Kier alpha value is -7.28. The normalized spacial score (nSPS) is 11.6. The highest BCUT2D eigenvalue weighted by Crippen LogP contribution is 2.44. The third-order valence-electron chi connectivity index (χ3n) is 10.5. The Morgan fingerprint density at radius 1 is 0.393 bits per heavy atom. The Labute approximate surface area is 326 Å². The van der Waals surface area contributed by atoms with Crippen molar-refractivity contribution in [2.24, 2.45) is 0 Å². The Morgan fingerprint density at radius 3 is 1.70 bits per heavy atom. The lowest BCUT2D eigenvalue weighted by Crippen LogP contribution is -2.00. The van der Waals surface area contributed by atoms with Crippen LogP contribution in [0.2, 0.25) is 0 Å². The van der Waals surface area contributed by atoms with Crippen molar-refractivity contribution in [2.75, 3.05) is 0 Å². The van der Waals surface area contributed by atoms with E-state index in [4.69, 9.17) is 19.4 Å². The van der Waals surface area contributed by atoms with Crippen LogP contribution in [0.15, 0.2) is 187 Å². The van der Waals surface area contributed by atoms with E-state index in [0.717, 1.165) is 72.0 Å². The lowest BCUT2D eigenvalue weighted by atomic mass is 9.94. The van der Waals surface area contributed by atoms with Crippen molar-refractivity contribution in [1.82, 2.24) is 19.9 Å². The first-order valence-electron chi connectivity index (χ1n) is 18.5. The van der Waals surface area contributed by atoms with Crippen molar-refractivity contribution in [3.63, 3.8) is 0 Å². The molecule has 6 heteroatoms. The summed E-state index contributed by atoms with van der Waals surface area (Å²) in [4.78, 5) is 19.2. The summed E-state index contributed by atoms with van der Waals surface area (Å²) >= 11 is 1.83. The molecule has 0 atom stereocenters. The molecule has 4 heterocycles. The third-order valence-corrected chi connectivity index (χ3v) is 11.6. The number of aromatic nitrogens is 4. The van der Waals surface area contributed by atoms with Gasteiger partial charge in [-0.2, -0.15) is 0 Å². The first kappa shape index (κ1) is 32.2. The van der Waals surface area contributed by atoms with Crippen LogP contribution in [0, 0.1) is 0 Å². The number of fused-ring (bicyclic) bond motifs is 6. The van der Waals surface area contributed by atoms with E-state index in [1.54, 1.807) is 6.20 Å². The van der Waals surface area contributed by atoms with E-state index >= 15 is 0 Å². The van der Waals surface area contributed by atoms with Crippen molar-refractivity contribution < 1.29 is 4.42 Å². The standard InChI is InChI=1S/C50H30N4OS/c1-2-9-33(10-3-1)48-52-49(34-20-16-31(17-21-34)37-11-8-28-51-30-37)54-50(53-48)35-22-18-32(19-23-35)38-26-27-39(47-46(38)42-13-4-6-14-43(42)55-47)36-24-25-41-40-12-5-7-15-44(40)56-45(41)29-36/h1-30H. The van der Waals surface area contributed by atoms with Crippen LogP contribution in [0.1, 0.15) is 0 Å². The maximum atomic E-state index is 6.68. The highest BCUT2D eigenvalue weighted by atomic mass is 32.1. The second-order valence-electron chi connectivity index (χ2n) is 13.8. The second kappa shape index (κ2) is 13.2. The van der Waals surface area contributed by atoms with Gasteiger partial charge in [0.1, 0.15) is 11.2 Å². The van der Waals surface area contributed by atoms with Gasteiger partial charge < -0.3 is 4.42 Å². The van der Waals surface area contributed by atoms with Crippen LogP contribution in [-0.2, 0) is 0 Å². The molecule has 0 N–H and O–H groups in total. The van der Waals surface area contributed by atoms with Gasteiger partial charge in [0.25, 0.3) is 0 Å². The van der Waals surface area contributed by atoms with E-state index in [1.807, 2.05) is 60.0 Å². The van der Waals surface area contributed by atoms with Gasteiger partial charge in [0.2, 0.25) is 0 Å². The second-order valence-corrected chi connectivity index (χ2v) is 14.9. The number of nitrogens with zero attached hydrogens (tertiary/aromatic N) is 4. The smallest absolute Gasteiger partial charge is 0.164 e. The summed E-state index contributed by atoms with van der Waals surface area (Å²) in [7, 11) is 0. The molecule has 11 aromatic rings. The maximum absolute atomic E-state index is 6.68. The molecule has 0 saturated heterocycles. The molecule has 262 valence electrons.